The van der Waals surface area contributed by atoms with Gasteiger partial charge in [-0.3, -0.25) is 0 Å². The van der Waals surface area contributed by atoms with E-state index < -0.39 is 12.1 Å². The van der Waals surface area contributed by atoms with Crippen molar-refractivity contribution < 1.29 is 13.2 Å². The number of rotatable bonds is 6. The second-order valence-electron chi connectivity index (χ2n) is 7.75. The molecule has 0 radical (unpaired) electrons. The first-order valence-electron chi connectivity index (χ1n) is 10.4. The maximum Gasteiger partial charge on any atom is 0.399 e. The molecule has 0 saturated carbocycles. The number of aliphatic imine (C=N–C) groups is 1. The van der Waals surface area contributed by atoms with E-state index in [0.717, 1.165) is 37.4 Å². The van der Waals surface area contributed by atoms with Gasteiger partial charge in [-0.2, -0.15) is 13.2 Å². The molecule has 0 bridgehead atoms. The summed E-state index contributed by atoms with van der Waals surface area (Å²) in [7, 11) is 0. The Morgan fingerprint density at radius 3 is 2.55 bits per heavy atom. The third-order valence-corrected chi connectivity index (χ3v) is 6.94. The van der Waals surface area contributed by atoms with Crippen molar-refractivity contribution in [2.45, 2.75) is 44.2 Å². The minimum atomic E-state index is -4.51. The zero-order chi connectivity index (χ0) is 24.2. The molecule has 9 heteroatoms. The molecule has 0 saturated heterocycles. The maximum absolute atomic E-state index is 13.8. The van der Waals surface area contributed by atoms with Gasteiger partial charge >= 0.3 is 6.18 Å². The molecule has 2 atom stereocenters. The summed E-state index contributed by atoms with van der Waals surface area (Å²) in [5.74, 6) is -1.53. The molecule has 3 rings (SSSR count). The molecule has 1 aliphatic carbocycles. The lowest BCUT2D eigenvalue weighted by Gasteiger charge is -2.18. The third kappa shape index (κ3) is 6.72. The molecule has 0 heterocycles. The van der Waals surface area contributed by atoms with Crippen LogP contribution in [-0.2, 0) is 6.42 Å². The quantitative estimate of drug-likeness (QED) is 0.229. The highest BCUT2D eigenvalue weighted by Gasteiger charge is 2.39. The standard InChI is InChI=1S/C24H22Cl3F3N2S/c1-2-31-23(33)32-10-9-15-5-6-16-11-14(3-7-18(15)16)4-8-19(24(28,29)30)17-12-20(25)22(27)21(26)13-17/h3-4,7-8,10-13,15,19H,2,5-6,9H2,1H3,(H,31,33)/b8-4+,32-10+. The summed E-state index contributed by atoms with van der Waals surface area (Å²) in [6, 6.07) is 8.18. The van der Waals surface area contributed by atoms with E-state index in [1.807, 2.05) is 31.3 Å². The van der Waals surface area contributed by atoms with Gasteiger partial charge in [-0.25, -0.2) is 4.99 Å². The van der Waals surface area contributed by atoms with E-state index in [-0.39, 0.29) is 20.6 Å². The molecular weight excluding hydrogens is 512 g/mol. The van der Waals surface area contributed by atoms with Crippen LogP contribution in [0, 0.1) is 0 Å². The van der Waals surface area contributed by atoms with Crippen molar-refractivity contribution in [3.8, 4) is 0 Å². The molecule has 0 amide bonds. The molecule has 1 aliphatic rings. The number of benzene rings is 2. The molecule has 33 heavy (non-hydrogen) atoms. The number of hydrogen-bond acceptors (Lipinski definition) is 1. The predicted octanol–water partition coefficient (Wildman–Crippen LogP) is 8.39. The molecular formula is C24H22Cl3F3N2S. The van der Waals surface area contributed by atoms with E-state index in [4.69, 9.17) is 47.0 Å². The summed E-state index contributed by atoms with van der Waals surface area (Å²) < 4.78 is 41.3. The monoisotopic (exact) mass is 532 g/mol. The maximum atomic E-state index is 13.8. The summed E-state index contributed by atoms with van der Waals surface area (Å²) in [5, 5.41) is 3.46. The van der Waals surface area contributed by atoms with Crippen LogP contribution in [0.2, 0.25) is 15.1 Å². The van der Waals surface area contributed by atoms with E-state index in [0.29, 0.717) is 16.6 Å². The first-order valence-corrected chi connectivity index (χ1v) is 12.0. The Hall–Kier alpha value is -1.60. The fraction of sp³-hybridized carbons (Fsp3) is 0.333. The Morgan fingerprint density at radius 2 is 1.91 bits per heavy atom. The number of thiocarbonyl (C=S) groups is 1. The molecule has 0 aliphatic heterocycles. The number of allylic oxidation sites excluding steroid dienone is 1. The van der Waals surface area contributed by atoms with Crippen LogP contribution < -0.4 is 5.32 Å². The molecule has 2 unspecified atom stereocenters. The highest BCUT2D eigenvalue weighted by atomic mass is 35.5. The molecule has 1 N–H and O–H groups in total. The Kier molecular flexibility index (Phi) is 8.84. The Balaban J connectivity index is 1.78. The van der Waals surface area contributed by atoms with E-state index >= 15 is 0 Å². The first-order chi connectivity index (χ1) is 15.6. The van der Waals surface area contributed by atoms with Gasteiger partial charge in [-0.1, -0.05) is 65.2 Å². The van der Waals surface area contributed by atoms with E-state index in [1.165, 1.54) is 23.8 Å². The topological polar surface area (TPSA) is 24.4 Å². The van der Waals surface area contributed by atoms with Crippen molar-refractivity contribution in [1.29, 1.82) is 0 Å². The SMILES string of the molecule is CCNC(=S)/N=C/CC1CCc2cc(/C=C/C(c3cc(Cl)c(Cl)c(Cl)c3)C(F)(F)F)ccc21. The van der Waals surface area contributed by atoms with Crippen molar-refractivity contribution in [2.24, 2.45) is 4.99 Å². The van der Waals surface area contributed by atoms with Crippen LogP contribution in [0.4, 0.5) is 13.2 Å². The van der Waals surface area contributed by atoms with Gasteiger partial charge in [0.25, 0.3) is 0 Å². The van der Waals surface area contributed by atoms with Gasteiger partial charge in [0.1, 0.15) is 0 Å². The summed E-state index contributed by atoms with van der Waals surface area (Å²) in [5.41, 5.74) is 2.99. The molecule has 176 valence electrons. The smallest absolute Gasteiger partial charge is 0.361 e. The predicted molar refractivity (Wildman–Crippen MR) is 136 cm³/mol. The van der Waals surface area contributed by atoms with Crippen molar-refractivity contribution in [3.63, 3.8) is 0 Å². The van der Waals surface area contributed by atoms with Crippen LogP contribution in [0.15, 0.2) is 41.4 Å². The fourth-order valence-electron chi connectivity index (χ4n) is 3.91. The van der Waals surface area contributed by atoms with Crippen LogP contribution in [0.1, 0.15) is 53.9 Å². The van der Waals surface area contributed by atoms with E-state index in [2.05, 4.69) is 10.3 Å². The number of alkyl halides is 3. The lowest BCUT2D eigenvalue weighted by molar-refractivity contribution is -0.139. The average Bonchev–Trinajstić information content (AvgIpc) is 3.13. The zero-order valence-corrected chi connectivity index (χ0v) is 20.8. The number of nitrogens with one attached hydrogen (secondary N) is 1. The summed E-state index contributed by atoms with van der Waals surface area (Å²) in [6.45, 7) is 2.68. The second-order valence-corrected chi connectivity index (χ2v) is 9.33. The summed E-state index contributed by atoms with van der Waals surface area (Å²) >= 11 is 22.9. The van der Waals surface area contributed by atoms with Gasteiger partial charge in [0.15, 0.2) is 5.11 Å². The number of nitrogens with zero attached hydrogens (tertiary/aromatic N) is 1. The van der Waals surface area contributed by atoms with Gasteiger partial charge in [0, 0.05) is 12.8 Å². The van der Waals surface area contributed by atoms with Gasteiger partial charge in [-0.05, 0) is 78.7 Å². The number of halogens is 6. The third-order valence-electron chi connectivity index (χ3n) is 5.49. The Labute approximate surface area is 211 Å². The molecule has 2 nitrogen and oxygen atoms in total. The molecule has 0 spiro atoms. The summed E-state index contributed by atoms with van der Waals surface area (Å²) in [4.78, 5) is 4.24. The van der Waals surface area contributed by atoms with Gasteiger partial charge in [-0.15, -0.1) is 0 Å². The minimum absolute atomic E-state index is 0.0137. The van der Waals surface area contributed by atoms with Crippen LogP contribution in [0.5, 0.6) is 0 Å². The highest BCUT2D eigenvalue weighted by Crippen LogP contribution is 2.41. The van der Waals surface area contributed by atoms with Crippen molar-refractivity contribution >= 4 is 64.4 Å². The van der Waals surface area contributed by atoms with Crippen LogP contribution >= 0.6 is 47.0 Å². The van der Waals surface area contributed by atoms with Crippen LogP contribution in [0.3, 0.4) is 0 Å². The van der Waals surface area contributed by atoms with Crippen molar-refractivity contribution in [2.75, 3.05) is 6.54 Å². The molecule has 0 aromatic heterocycles. The van der Waals surface area contributed by atoms with Gasteiger partial charge < -0.3 is 5.32 Å². The molecule has 2 aromatic rings. The lowest BCUT2D eigenvalue weighted by atomic mass is 9.95. The van der Waals surface area contributed by atoms with Gasteiger partial charge in [0.05, 0.1) is 21.0 Å². The van der Waals surface area contributed by atoms with Crippen LogP contribution in [-0.4, -0.2) is 24.0 Å². The minimum Gasteiger partial charge on any atom is -0.361 e. The highest BCUT2D eigenvalue weighted by molar-refractivity contribution is 7.80. The average molecular weight is 534 g/mol. The van der Waals surface area contributed by atoms with Crippen molar-refractivity contribution in [1.82, 2.24) is 5.32 Å². The number of aryl methyl sites for hydroxylation is 1. The zero-order valence-electron chi connectivity index (χ0n) is 17.7. The lowest BCUT2D eigenvalue weighted by Crippen LogP contribution is -2.19. The molecule has 2 aromatic carbocycles. The molecule has 0 fully saturated rings. The number of hydrogen-bond donors (Lipinski definition) is 1. The normalized spacial score (nSPS) is 17.0. The summed E-state index contributed by atoms with van der Waals surface area (Å²) in [6.07, 6.45) is 2.53. The van der Waals surface area contributed by atoms with E-state index in [9.17, 15) is 13.2 Å². The fourth-order valence-corrected chi connectivity index (χ4v) is 4.74. The largest absolute Gasteiger partial charge is 0.399 e. The van der Waals surface area contributed by atoms with E-state index in [1.54, 1.807) is 0 Å². The first kappa shape index (κ1) is 26.0. The van der Waals surface area contributed by atoms with Crippen molar-refractivity contribution in [3.05, 3.63) is 73.7 Å². The van der Waals surface area contributed by atoms with Gasteiger partial charge in [0.2, 0.25) is 0 Å². The Morgan fingerprint density at radius 1 is 1.21 bits per heavy atom. The van der Waals surface area contributed by atoms with Crippen LogP contribution in [0.25, 0.3) is 6.08 Å². The second kappa shape index (κ2) is 11.2. The Bertz CT molecular complexity index is 1060. The number of fused-ring (bicyclic) bond motifs is 1.